The van der Waals surface area contributed by atoms with Crippen molar-refractivity contribution < 1.29 is 14.6 Å². The van der Waals surface area contributed by atoms with Gasteiger partial charge in [0.05, 0.1) is 12.3 Å². The topological polar surface area (TPSA) is 135 Å². The lowest BCUT2D eigenvalue weighted by Gasteiger charge is -2.29. The lowest BCUT2D eigenvalue weighted by atomic mass is 10.0. The second kappa shape index (κ2) is 7.63. The molecule has 2 aromatic heterocycles. The van der Waals surface area contributed by atoms with E-state index in [-0.39, 0.29) is 17.8 Å². The first-order valence-electron chi connectivity index (χ1n) is 8.36. The number of carbonyl (C=O) groups is 1. The third kappa shape index (κ3) is 4.06. The molecule has 2 aromatic rings. The SMILES string of the molecule is Cc1ccc(Nc2cc(N[C@@H]3CCOC[C@@H]3N)nnc2C(=O)O)nc1C. The molecule has 3 heterocycles. The standard InChI is InChI=1S/C17H22N6O3/c1-9-3-4-14(19-10(9)2)21-13-7-15(22-23-16(13)17(24)25)20-12-5-6-26-8-11(12)18/h3-4,7,11-12H,5-6,8,18H2,1-2H3,(H,24,25)(H2,19,20,21,22)/t11-,12+/m0/s1. The number of carboxylic acid groups (broad SMARTS) is 1. The number of hydrogen-bond donors (Lipinski definition) is 4. The summed E-state index contributed by atoms with van der Waals surface area (Å²) in [5.41, 5.74) is 8.09. The highest BCUT2D eigenvalue weighted by Gasteiger charge is 2.23. The maximum Gasteiger partial charge on any atom is 0.358 e. The van der Waals surface area contributed by atoms with Crippen molar-refractivity contribution in [1.29, 1.82) is 0 Å². The van der Waals surface area contributed by atoms with Gasteiger partial charge < -0.3 is 26.2 Å². The minimum atomic E-state index is -1.17. The van der Waals surface area contributed by atoms with Crippen LogP contribution < -0.4 is 16.4 Å². The van der Waals surface area contributed by atoms with E-state index in [4.69, 9.17) is 10.5 Å². The third-order valence-corrected chi connectivity index (χ3v) is 4.34. The van der Waals surface area contributed by atoms with Crippen LogP contribution in [0.2, 0.25) is 0 Å². The van der Waals surface area contributed by atoms with E-state index in [0.717, 1.165) is 17.7 Å². The molecule has 0 aliphatic carbocycles. The Morgan fingerprint density at radius 1 is 1.31 bits per heavy atom. The number of nitrogens with one attached hydrogen (secondary N) is 2. The molecule has 1 saturated heterocycles. The summed E-state index contributed by atoms with van der Waals surface area (Å²) in [6.07, 6.45) is 0.741. The minimum absolute atomic E-state index is 0.0127. The van der Waals surface area contributed by atoms with Crippen molar-refractivity contribution in [2.24, 2.45) is 5.73 Å². The molecule has 0 aromatic carbocycles. The average Bonchev–Trinajstić information content (AvgIpc) is 2.60. The second-order valence-electron chi connectivity index (χ2n) is 6.30. The van der Waals surface area contributed by atoms with Crippen molar-refractivity contribution in [1.82, 2.24) is 15.2 Å². The van der Waals surface area contributed by atoms with Crippen LogP contribution in [0.3, 0.4) is 0 Å². The fourth-order valence-electron chi connectivity index (χ4n) is 2.68. The van der Waals surface area contributed by atoms with Crippen LogP contribution in [-0.2, 0) is 4.74 Å². The Morgan fingerprint density at radius 3 is 2.81 bits per heavy atom. The van der Waals surface area contributed by atoms with Gasteiger partial charge >= 0.3 is 5.97 Å². The number of rotatable bonds is 5. The van der Waals surface area contributed by atoms with Crippen LogP contribution in [0.15, 0.2) is 18.2 Å². The Labute approximate surface area is 151 Å². The fourth-order valence-corrected chi connectivity index (χ4v) is 2.68. The van der Waals surface area contributed by atoms with Gasteiger partial charge in [-0.3, -0.25) is 0 Å². The summed E-state index contributed by atoms with van der Waals surface area (Å²) < 4.78 is 5.32. The molecule has 0 unspecified atom stereocenters. The zero-order valence-corrected chi connectivity index (χ0v) is 14.7. The highest BCUT2D eigenvalue weighted by atomic mass is 16.5. The largest absolute Gasteiger partial charge is 0.476 e. The number of hydrogen-bond acceptors (Lipinski definition) is 8. The van der Waals surface area contributed by atoms with Crippen molar-refractivity contribution in [2.45, 2.75) is 32.4 Å². The van der Waals surface area contributed by atoms with E-state index in [1.807, 2.05) is 19.9 Å². The molecule has 9 nitrogen and oxygen atoms in total. The first-order chi connectivity index (χ1) is 12.4. The molecule has 0 radical (unpaired) electrons. The van der Waals surface area contributed by atoms with Crippen molar-refractivity contribution in [3.63, 3.8) is 0 Å². The number of aromatic carboxylic acids is 1. The molecular formula is C17H22N6O3. The van der Waals surface area contributed by atoms with E-state index < -0.39 is 5.97 Å². The van der Waals surface area contributed by atoms with Crippen molar-refractivity contribution >= 4 is 23.3 Å². The maximum atomic E-state index is 11.5. The summed E-state index contributed by atoms with van der Waals surface area (Å²) in [5.74, 6) is -0.181. The lowest BCUT2D eigenvalue weighted by Crippen LogP contribution is -2.47. The summed E-state index contributed by atoms with van der Waals surface area (Å²) in [6, 6.07) is 5.13. The molecule has 5 N–H and O–H groups in total. The molecule has 1 aliphatic heterocycles. The van der Waals surface area contributed by atoms with E-state index in [1.54, 1.807) is 12.1 Å². The zero-order valence-electron chi connectivity index (χ0n) is 14.7. The smallest absolute Gasteiger partial charge is 0.358 e. The average molecular weight is 358 g/mol. The fraction of sp³-hybridized carbons (Fsp3) is 0.412. The Morgan fingerprint density at radius 2 is 2.12 bits per heavy atom. The van der Waals surface area contributed by atoms with E-state index in [2.05, 4.69) is 25.8 Å². The Kier molecular flexibility index (Phi) is 5.29. The molecule has 138 valence electrons. The quantitative estimate of drug-likeness (QED) is 0.626. The van der Waals surface area contributed by atoms with Gasteiger partial charge in [0.15, 0.2) is 11.5 Å². The number of pyridine rings is 1. The summed E-state index contributed by atoms with van der Waals surface area (Å²) >= 11 is 0. The lowest BCUT2D eigenvalue weighted by molar-refractivity contribution is 0.0690. The van der Waals surface area contributed by atoms with Gasteiger partial charge in [-0.25, -0.2) is 9.78 Å². The summed E-state index contributed by atoms with van der Waals surface area (Å²) in [5, 5.41) is 23.4. The number of anilines is 3. The number of carboxylic acids is 1. The highest BCUT2D eigenvalue weighted by molar-refractivity contribution is 5.93. The predicted molar refractivity (Wildman–Crippen MR) is 96.8 cm³/mol. The van der Waals surface area contributed by atoms with Crippen molar-refractivity contribution in [3.05, 3.63) is 35.2 Å². The number of aryl methyl sites for hydroxylation is 2. The molecule has 9 heteroatoms. The Balaban J connectivity index is 1.86. The number of ether oxygens (including phenoxy) is 1. The number of aromatic nitrogens is 3. The highest BCUT2D eigenvalue weighted by Crippen LogP contribution is 2.23. The molecule has 0 spiro atoms. The number of nitrogens with zero attached hydrogens (tertiary/aromatic N) is 3. The van der Waals surface area contributed by atoms with E-state index in [1.165, 1.54) is 0 Å². The van der Waals surface area contributed by atoms with Gasteiger partial charge in [0.2, 0.25) is 0 Å². The van der Waals surface area contributed by atoms with Gasteiger partial charge in [0, 0.05) is 30.5 Å². The van der Waals surface area contributed by atoms with Crippen LogP contribution in [0.25, 0.3) is 0 Å². The van der Waals surface area contributed by atoms with Gasteiger partial charge in [-0.2, -0.15) is 0 Å². The summed E-state index contributed by atoms with van der Waals surface area (Å²) in [6.45, 7) is 4.94. The Bertz CT molecular complexity index is 813. The first kappa shape index (κ1) is 18.0. The molecule has 2 atom stereocenters. The molecule has 0 amide bonds. The third-order valence-electron chi connectivity index (χ3n) is 4.34. The van der Waals surface area contributed by atoms with Crippen LogP contribution in [0, 0.1) is 13.8 Å². The van der Waals surface area contributed by atoms with E-state index >= 15 is 0 Å². The Hall–Kier alpha value is -2.78. The van der Waals surface area contributed by atoms with Crippen molar-refractivity contribution in [2.75, 3.05) is 23.8 Å². The van der Waals surface area contributed by atoms with Gasteiger partial charge in [0.1, 0.15) is 5.82 Å². The predicted octanol–water partition coefficient (Wildman–Crippen LogP) is 1.46. The van der Waals surface area contributed by atoms with Gasteiger partial charge in [-0.05, 0) is 31.9 Å². The molecule has 0 saturated carbocycles. The second-order valence-corrected chi connectivity index (χ2v) is 6.30. The van der Waals surface area contributed by atoms with Gasteiger partial charge in [0.25, 0.3) is 0 Å². The maximum absolute atomic E-state index is 11.5. The van der Waals surface area contributed by atoms with Gasteiger partial charge in [-0.1, -0.05) is 6.07 Å². The molecule has 1 aliphatic rings. The van der Waals surface area contributed by atoms with Crippen molar-refractivity contribution in [3.8, 4) is 0 Å². The van der Waals surface area contributed by atoms with E-state index in [0.29, 0.717) is 30.5 Å². The first-order valence-corrected chi connectivity index (χ1v) is 8.36. The monoisotopic (exact) mass is 358 g/mol. The zero-order chi connectivity index (χ0) is 18.7. The van der Waals surface area contributed by atoms with Crippen LogP contribution in [0.5, 0.6) is 0 Å². The van der Waals surface area contributed by atoms with Crippen LogP contribution in [0.4, 0.5) is 17.3 Å². The molecule has 26 heavy (non-hydrogen) atoms. The normalized spacial score (nSPS) is 19.8. The van der Waals surface area contributed by atoms with Crippen LogP contribution >= 0.6 is 0 Å². The molecule has 0 bridgehead atoms. The molecule has 1 fully saturated rings. The van der Waals surface area contributed by atoms with Gasteiger partial charge in [-0.15, -0.1) is 10.2 Å². The summed E-state index contributed by atoms with van der Waals surface area (Å²) in [4.78, 5) is 15.9. The van der Waals surface area contributed by atoms with E-state index in [9.17, 15) is 9.90 Å². The minimum Gasteiger partial charge on any atom is -0.476 e. The van der Waals surface area contributed by atoms with Crippen LogP contribution in [0.1, 0.15) is 28.2 Å². The van der Waals surface area contributed by atoms with Crippen LogP contribution in [-0.4, -0.2) is 51.6 Å². The molecular weight excluding hydrogens is 336 g/mol. The summed E-state index contributed by atoms with van der Waals surface area (Å²) in [7, 11) is 0. The molecule has 3 rings (SSSR count). The number of nitrogens with two attached hydrogens (primary N) is 1.